The number of pyridine rings is 2. The van der Waals surface area contributed by atoms with Gasteiger partial charge >= 0.3 is 5.97 Å². The maximum absolute atomic E-state index is 13.1. The molecule has 0 amide bonds. The van der Waals surface area contributed by atoms with Gasteiger partial charge in [0.2, 0.25) is 0 Å². The van der Waals surface area contributed by atoms with Crippen molar-refractivity contribution in [2.75, 3.05) is 0 Å². The zero-order chi connectivity index (χ0) is 11.9. The molecule has 0 aliphatic carbocycles. The van der Waals surface area contributed by atoms with E-state index in [1.54, 1.807) is 6.92 Å². The maximum Gasteiger partial charge on any atom is 0.341 e. The minimum absolute atomic E-state index is 0.373. The number of carboxylic acid groups (broad SMARTS) is 1. The average Bonchev–Trinajstić information content (AvgIpc) is 2.19. The molecule has 2 aromatic rings. The number of aromatic carboxylic acids is 1. The molecule has 0 saturated carbocycles. The summed E-state index contributed by atoms with van der Waals surface area (Å²) in [5, 5.41) is 8.76. The van der Waals surface area contributed by atoms with E-state index in [1.807, 2.05) is 0 Å². The molecule has 16 heavy (non-hydrogen) atoms. The molecule has 2 heterocycles. The Bertz CT molecular complexity index is 645. The Morgan fingerprint density at radius 2 is 2.12 bits per heavy atom. The van der Waals surface area contributed by atoms with Gasteiger partial charge in [-0.2, -0.15) is 0 Å². The molecule has 1 N–H and O–H groups in total. The van der Waals surface area contributed by atoms with Crippen molar-refractivity contribution in [3.63, 3.8) is 0 Å². The Labute approximate surface area is 89.6 Å². The number of fused-ring (bicyclic) bond motifs is 1. The van der Waals surface area contributed by atoms with Crippen molar-refractivity contribution >= 4 is 11.5 Å². The third-order valence-electron chi connectivity index (χ3n) is 2.36. The Balaban J connectivity index is 2.95. The first-order chi connectivity index (χ1) is 7.50. The summed E-state index contributed by atoms with van der Waals surface area (Å²) in [6, 6.07) is 4.00. The molecule has 0 radical (unpaired) electrons. The van der Waals surface area contributed by atoms with Crippen LogP contribution in [0.3, 0.4) is 0 Å². The topological polar surface area (TPSA) is 58.8 Å². The van der Waals surface area contributed by atoms with Gasteiger partial charge in [0.25, 0.3) is 5.56 Å². The van der Waals surface area contributed by atoms with E-state index in [9.17, 15) is 14.0 Å². The number of nitrogens with zero attached hydrogens (tertiary/aromatic N) is 1. The number of halogens is 1. The van der Waals surface area contributed by atoms with Crippen LogP contribution in [0.5, 0.6) is 0 Å². The first-order valence-corrected chi connectivity index (χ1v) is 4.55. The van der Waals surface area contributed by atoms with E-state index in [0.29, 0.717) is 11.1 Å². The van der Waals surface area contributed by atoms with Gasteiger partial charge in [0.15, 0.2) is 0 Å². The number of aryl methyl sites for hydroxylation is 1. The van der Waals surface area contributed by atoms with Crippen LogP contribution in [0.1, 0.15) is 15.9 Å². The van der Waals surface area contributed by atoms with Crippen molar-refractivity contribution in [2.24, 2.45) is 0 Å². The van der Waals surface area contributed by atoms with Gasteiger partial charge in [-0.1, -0.05) is 0 Å². The van der Waals surface area contributed by atoms with Crippen molar-refractivity contribution in [3.05, 3.63) is 51.7 Å². The number of rotatable bonds is 1. The maximum atomic E-state index is 13.1. The molecule has 0 saturated heterocycles. The predicted octanol–water partition coefficient (Wildman–Crippen LogP) is 1.45. The predicted molar refractivity (Wildman–Crippen MR) is 55.3 cm³/mol. The Morgan fingerprint density at radius 3 is 2.75 bits per heavy atom. The van der Waals surface area contributed by atoms with Crippen LogP contribution in [0, 0.1) is 12.7 Å². The van der Waals surface area contributed by atoms with Gasteiger partial charge in [-0.15, -0.1) is 0 Å². The van der Waals surface area contributed by atoms with Gasteiger partial charge in [-0.05, 0) is 30.7 Å². The molecule has 0 aliphatic heterocycles. The molecule has 4 nitrogen and oxygen atoms in total. The van der Waals surface area contributed by atoms with Crippen LogP contribution < -0.4 is 5.56 Å². The lowest BCUT2D eigenvalue weighted by Crippen LogP contribution is -2.22. The lowest BCUT2D eigenvalue weighted by molar-refractivity contribution is 0.0694. The zero-order valence-corrected chi connectivity index (χ0v) is 8.40. The van der Waals surface area contributed by atoms with Crippen LogP contribution >= 0.6 is 0 Å². The molecule has 0 aliphatic rings. The highest BCUT2D eigenvalue weighted by molar-refractivity contribution is 5.87. The lowest BCUT2D eigenvalue weighted by atomic mass is 10.2. The SMILES string of the molecule is Cc1cc(F)cn2c(=O)c(C(=O)O)ccc12. The summed E-state index contributed by atoms with van der Waals surface area (Å²) in [6.45, 7) is 1.65. The smallest absolute Gasteiger partial charge is 0.341 e. The average molecular weight is 221 g/mol. The summed E-state index contributed by atoms with van der Waals surface area (Å²) in [5.74, 6) is -1.89. The quantitative estimate of drug-likeness (QED) is 0.792. The first-order valence-electron chi connectivity index (χ1n) is 4.55. The molecular formula is C11H8FNO3. The first kappa shape index (κ1) is 10.4. The zero-order valence-electron chi connectivity index (χ0n) is 8.40. The van der Waals surface area contributed by atoms with Crippen molar-refractivity contribution in [3.8, 4) is 0 Å². The van der Waals surface area contributed by atoms with E-state index in [0.717, 1.165) is 10.6 Å². The fourth-order valence-electron chi connectivity index (χ4n) is 1.61. The van der Waals surface area contributed by atoms with Crippen LogP contribution in [-0.2, 0) is 0 Å². The van der Waals surface area contributed by atoms with Gasteiger partial charge in [-0.25, -0.2) is 9.18 Å². The summed E-state index contributed by atoms with van der Waals surface area (Å²) >= 11 is 0. The minimum atomic E-state index is -1.32. The summed E-state index contributed by atoms with van der Waals surface area (Å²) in [7, 11) is 0. The normalized spacial score (nSPS) is 10.6. The largest absolute Gasteiger partial charge is 0.477 e. The van der Waals surface area contributed by atoms with Crippen molar-refractivity contribution < 1.29 is 14.3 Å². The molecule has 5 heteroatoms. The van der Waals surface area contributed by atoms with E-state index in [4.69, 9.17) is 5.11 Å². The van der Waals surface area contributed by atoms with Crippen LogP contribution in [-0.4, -0.2) is 15.5 Å². The second kappa shape index (κ2) is 3.44. The summed E-state index contributed by atoms with van der Waals surface area (Å²) in [6.07, 6.45) is 0.983. The van der Waals surface area contributed by atoms with Gasteiger partial charge in [0.1, 0.15) is 11.4 Å². The highest BCUT2D eigenvalue weighted by Crippen LogP contribution is 2.10. The van der Waals surface area contributed by atoms with Gasteiger partial charge in [-0.3, -0.25) is 9.20 Å². The Kier molecular flexibility index (Phi) is 2.23. The van der Waals surface area contributed by atoms with E-state index >= 15 is 0 Å². The van der Waals surface area contributed by atoms with E-state index in [1.165, 1.54) is 18.2 Å². The van der Waals surface area contributed by atoms with Gasteiger partial charge in [0.05, 0.1) is 5.52 Å². The highest BCUT2D eigenvalue weighted by atomic mass is 19.1. The van der Waals surface area contributed by atoms with Crippen LogP contribution in [0.4, 0.5) is 4.39 Å². The van der Waals surface area contributed by atoms with Crippen LogP contribution in [0.15, 0.2) is 29.2 Å². The molecule has 2 aromatic heterocycles. The van der Waals surface area contributed by atoms with Gasteiger partial charge in [0, 0.05) is 6.20 Å². The Hall–Kier alpha value is -2.17. The molecule has 0 atom stereocenters. The van der Waals surface area contributed by atoms with Crippen molar-refractivity contribution in [2.45, 2.75) is 6.92 Å². The second-order valence-corrected chi connectivity index (χ2v) is 3.45. The summed E-state index contributed by atoms with van der Waals surface area (Å²) in [5.41, 5.74) is -0.0273. The van der Waals surface area contributed by atoms with E-state index in [2.05, 4.69) is 0 Å². The third kappa shape index (κ3) is 1.46. The van der Waals surface area contributed by atoms with Crippen molar-refractivity contribution in [1.29, 1.82) is 0 Å². The molecule has 0 bridgehead atoms. The fourth-order valence-corrected chi connectivity index (χ4v) is 1.61. The molecular weight excluding hydrogens is 213 g/mol. The number of hydrogen-bond donors (Lipinski definition) is 1. The summed E-state index contributed by atoms with van der Waals surface area (Å²) < 4.78 is 14.1. The monoisotopic (exact) mass is 221 g/mol. The summed E-state index contributed by atoms with van der Waals surface area (Å²) in [4.78, 5) is 22.4. The fraction of sp³-hybridized carbons (Fsp3) is 0.0909. The number of carbonyl (C=O) groups is 1. The lowest BCUT2D eigenvalue weighted by Gasteiger charge is -2.05. The standard InChI is InChI=1S/C11H8FNO3/c1-6-4-7(12)5-13-9(6)3-2-8(10(13)14)11(15)16/h2-5H,1H3,(H,15,16). The van der Waals surface area contributed by atoms with Crippen molar-refractivity contribution in [1.82, 2.24) is 4.40 Å². The molecule has 0 fully saturated rings. The molecule has 0 spiro atoms. The second-order valence-electron chi connectivity index (χ2n) is 3.45. The van der Waals surface area contributed by atoms with Gasteiger partial charge < -0.3 is 5.11 Å². The molecule has 2 rings (SSSR count). The van der Waals surface area contributed by atoms with E-state index < -0.39 is 17.3 Å². The number of aromatic nitrogens is 1. The van der Waals surface area contributed by atoms with E-state index in [-0.39, 0.29) is 5.56 Å². The highest BCUT2D eigenvalue weighted by Gasteiger charge is 2.11. The minimum Gasteiger partial charge on any atom is -0.477 e. The molecule has 82 valence electrons. The van der Waals surface area contributed by atoms with Crippen LogP contribution in [0.25, 0.3) is 5.52 Å². The number of hydrogen-bond acceptors (Lipinski definition) is 2. The van der Waals surface area contributed by atoms with Crippen LogP contribution in [0.2, 0.25) is 0 Å². The molecule has 0 unspecified atom stereocenters. The Morgan fingerprint density at radius 1 is 1.44 bits per heavy atom. The molecule has 0 aromatic carbocycles. The third-order valence-corrected chi connectivity index (χ3v) is 2.36. The number of carboxylic acids is 1.